The van der Waals surface area contributed by atoms with Gasteiger partial charge in [0.2, 0.25) is 0 Å². The summed E-state index contributed by atoms with van der Waals surface area (Å²) < 4.78 is 0. The molecule has 0 fully saturated rings. The number of hydrogen-bond acceptors (Lipinski definition) is 3. The molecule has 40 valence electrons. The predicted octanol–water partition coefficient (Wildman–Crippen LogP) is -1.21. The summed E-state index contributed by atoms with van der Waals surface area (Å²) in [7, 11) is 0. The van der Waals surface area contributed by atoms with E-state index in [-0.39, 0.29) is 0 Å². The first-order valence-corrected chi connectivity index (χ1v) is 2.17. The summed E-state index contributed by atoms with van der Waals surface area (Å²) in [4.78, 5) is 3.62. The second kappa shape index (κ2) is 1.60. The minimum atomic E-state index is -0.722. The molecule has 0 aromatic rings. The summed E-state index contributed by atoms with van der Waals surface area (Å²) in [6.45, 7) is 0.348. The fraction of sp³-hybridized carbons (Fsp3) is 0.750. The molecule has 0 aromatic heterocycles. The zero-order chi connectivity index (χ0) is 5.28. The van der Waals surface area contributed by atoms with Crippen molar-refractivity contribution in [3.05, 3.63) is 0 Å². The lowest BCUT2D eigenvalue weighted by Gasteiger charge is -2.00. The van der Waals surface area contributed by atoms with Crippen LogP contribution in [0.15, 0.2) is 4.99 Å². The summed E-state index contributed by atoms with van der Waals surface area (Å²) >= 11 is 0. The molecule has 0 bridgehead atoms. The average Bonchev–Trinajstić information content (AvgIpc) is 1.91. The monoisotopic (exact) mass is 101 g/mol. The maximum Gasteiger partial charge on any atom is 0.116 e. The summed E-state index contributed by atoms with van der Waals surface area (Å²) in [6.07, 6.45) is -0.0231. The summed E-state index contributed by atoms with van der Waals surface area (Å²) in [5, 5.41) is 17.2. The smallest absolute Gasteiger partial charge is 0.116 e. The van der Waals surface area contributed by atoms with Gasteiger partial charge in [0.1, 0.15) is 12.2 Å². The van der Waals surface area contributed by atoms with E-state index in [0.29, 0.717) is 6.54 Å². The van der Waals surface area contributed by atoms with E-state index in [0.717, 1.165) is 0 Å². The third kappa shape index (κ3) is 0.783. The SMILES string of the molecule is O[C@@H]1C=NC[C@@H]1O. The normalized spacial score (nSPS) is 39.7. The molecule has 3 heteroatoms. The van der Waals surface area contributed by atoms with Gasteiger partial charge in [-0.1, -0.05) is 0 Å². The van der Waals surface area contributed by atoms with Crippen LogP contribution in [0.3, 0.4) is 0 Å². The molecular formula is C4H7NO2. The Kier molecular flexibility index (Phi) is 1.08. The Bertz CT molecular complexity index is 91.7. The maximum atomic E-state index is 8.62. The van der Waals surface area contributed by atoms with E-state index in [9.17, 15) is 0 Å². The zero-order valence-corrected chi connectivity index (χ0v) is 3.78. The van der Waals surface area contributed by atoms with Crippen LogP contribution in [0, 0.1) is 0 Å². The van der Waals surface area contributed by atoms with Crippen LogP contribution < -0.4 is 0 Å². The van der Waals surface area contributed by atoms with Gasteiger partial charge in [-0.15, -0.1) is 0 Å². The molecule has 1 rings (SSSR count). The first-order valence-electron chi connectivity index (χ1n) is 2.17. The van der Waals surface area contributed by atoms with Crippen LogP contribution in [0.25, 0.3) is 0 Å². The standard InChI is InChI=1S/C4H7NO2/c6-3-1-5-2-4(3)7/h1,3-4,6-7H,2H2/t3-,4+/m1/s1. The highest BCUT2D eigenvalue weighted by molar-refractivity contribution is 5.65. The summed E-state index contributed by atoms with van der Waals surface area (Å²) in [5.74, 6) is 0. The molecule has 2 atom stereocenters. The van der Waals surface area contributed by atoms with Crippen LogP contribution >= 0.6 is 0 Å². The Balaban J connectivity index is 2.45. The number of hydrogen-bond donors (Lipinski definition) is 2. The second-order valence-electron chi connectivity index (χ2n) is 1.57. The lowest BCUT2D eigenvalue weighted by atomic mass is 10.3. The van der Waals surface area contributed by atoms with Gasteiger partial charge in [-0.25, -0.2) is 0 Å². The van der Waals surface area contributed by atoms with Crippen molar-refractivity contribution >= 4 is 6.21 Å². The maximum absolute atomic E-state index is 8.62. The fourth-order valence-corrected chi connectivity index (χ4v) is 0.484. The Morgan fingerprint density at radius 2 is 2.29 bits per heavy atom. The third-order valence-corrected chi connectivity index (χ3v) is 0.945. The molecule has 0 saturated heterocycles. The first-order chi connectivity index (χ1) is 3.30. The number of aliphatic hydroxyl groups excluding tert-OH is 2. The molecule has 7 heavy (non-hydrogen) atoms. The van der Waals surface area contributed by atoms with E-state index < -0.39 is 12.2 Å². The third-order valence-electron chi connectivity index (χ3n) is 0.945. The molecule has 0 spiro atoms. The number of aliphatic imine (C=N–C) groups is 1. The highest BCUT2D eigenvalue weighted by Gasteiger charge is 2.17. The van der Waals surface area contributed by atoms with Crippen molar-refractivity contribution in [1.29, 1.82) is 0 Å². The topological polar surface area (TPSA) is 52.8 Å². The Labute approximate surface area is 41.3 Å². The molecule has 1 aliphatic rings. The van der Waals surface area contributed by atoms with Crippen molar-refractivity contribution in [2.24, 2.45) is 4.99 Å². The van der Waals surface area contributed by atoms with Gasteiger partial charge in [0, 0.05) is 6.21 Å². The van der Waals surface area contributed by atoms with Crippen LogP contribution in [-0.2, 0) is 0 Å². The highest BCUT2D eigenvalue weighted by Crippen LogP contribution is 1.97. The molecule has 1 aliphatic heterocycles. The molecule has 0 saturated carbocycles. The van der Waals surface area contributed by atoms with Gasteiger partial charge < -0.3 is 10.2 Å². The van der Waals surface area contributed by atoms with Crippen LogP contribution in [0.4, 0.5) is 0 Å². The van der Waals surface area contributed by atoms with E-state index >= 15 is 0 Å². The van der Waals surface area contributed by atoms with Crippen molar-refractivity contribution in [2.45, 2.75) is 12.2 Å². The minimum absolute atomic E-state index is 0.348. The van der Waals surface area contributed by atoms with E-state index in [1.54, 1.807) is 0 Å². The van der Waals surface area contributed by atoms with Gasteiger partial charge in [-0.3, -0.25) is 4.99 Å². The molecule has 3 nitrogen and oxygen atoms in total. The Morgan fingerprint density at radius 1 is 1.57 bits per heavy atom. The van der Waals surface area contributed by atoms with Crippen LogP contribution in [-0.4, -0.2) is 35.2 Å². The Hall–Kier alpha value is -0.410. The zero-order valence-electron chi connectivity index (χ0n) is 3.78. The van der Waals surface area contributed by atoms with Gasteiger partial charge in [0.15, 0.2) is 0 Å². The molecule has 2 N–H and O–H groups in total. The fourth-order valence-electron chi connectivity index (χ4n) is 0.484. The van der Waals surface area contributed by atoms with Crippen molar-refractivity contribution < 1.29 is 10.2 Å². The molecule has 0 aromatic carbocycles. The highest BCUT2D eigenvalue weighted by atomic mass is 16.3. The molecule has 0 aliphatic carbocycles. The Morgan fingerprint density at radius 3 is 2.43 bits per heavy atom. The number of rotatable bonds is 0. The van der Waals surface area contributed by atoms with Crippen molar-refractivity contribution in [1.82, 2.24) is 0 Å². The lowest BCUT2D eigenvalue weighted by molar-refractivity contribution is 0.0794. The van der Waals surface area contributed by atoms with Gasteiger partial charge in [0.25, 0.3) is 0 Å². The van der Waals surface area contributed by atoms with Gasteiger partial charge in [-0.05, 0) is 0 Å². The predicted molar refractivity (Wildman–Crippen MR) is 25.4 cm³/mol. The first kappa shape index (κ1) is 4.74. The van der Waals surface area contributed by atoms with E-state index in [2.05, 4.69) is 4.99 Å². The van der Waals surface area contributed by atoms with Crippen molar-refractivity contribution in [2.75, 3.05) is 6.54 Å². The lowest BCUT2D eigenvalue weighted by Crippen LogP contribution is -2.23. The van der Waals surface area contributed by atoms with Crippen molar-refractivity contribution in [3.63, 3.8) is 0 Å². The summed E-state index contributed by atoms with van der Waals surface area (Å²) in [5.41, 5.74) is 0. The number of nitrogens with zero attached hydrogens (tertiary/aromatic N) is 1. The summed E-state index contributed by atoms with van der Waals surface area (Å²) in [6, 6.07) is 0. The van der Waals surface area contributed by atoms with E-state index in [1.165, 1.54) is 6.21 Å². The van der Waals surface area contributed by atoms with Crippen LogP contribution in [0.5, 0.6) is 0 Å². The van der Waals surface area contributed by atoms with E-state index in [4.69, 9.17) is 10.2 Å². The van der Waals surface area contributed by atoms with Crippen molar-refractivity contribution in [3.8, 4) is 0 Å². The minimum Gasteiger partial charge on any atom is -0.388 e. The van der Waals surface area contributed by atoms with Crippen LogP contribution in [0.2, 0.25) is 0 Å². The molecule has 0 radical (unpaired) electrons. The molecule has 1 heterocycles. The quantitative estimate of drug-likeness (QED) is 0.402. The van der Waals surface area contributed by atoms with E-state index in [1.807, 2.05) is 0 Å². The number of aliphatic hydroxyl groups is 2. The van der Waals surface area contributed by atoms with Gasteiger partial charge in [0.05, 0.1) is 6.54 Å². The van der Waals surface area contributed by atoms with Gasteiger partial charge in [-0.2, -0.15) is 0 Å². The second-order valence-corrected chi connectivity index (χ2v) is 1.57. The van der Waals surface area contributed by atoms with Gasteiger partial charge >= 0.3 is 0 Å². The van der Waals surface area contributed by atoms with Crippen LogP contribution in [0.1, 0.15) is 0 Å². The largest absolute Gasteiger partial charge is 0.388 e. The average molecular weight is 101 g/mol. The molecular weight excluding hydrogens is 94.0 g/mol. The molecule has 0 amide bonds. The molecule has 0 unspecified atom stereocenters.